The number of benzene rings is 3. The van der Waals surface area contributed by atoms with E-state index in [1.165, 1.54) is 17.5 Å². The first-order valence-electron chi connectivity index (χ1n) is 14.2. The minimum absolute atomic E-state index is 0.108. The van der Waals surface area contributed by atoms with Gasteiger partial charge in [-0.15, -0.1) is 11.3 Å². The SMILES string of the molecule is NS(=O)(=O)c1ccc(Cc2c(-c3ccc(F)c(C4=Cc5ccccc5C4)c3)nn(-c3nc(C(=O)O)cs3)c2CC2CC2)cc1F. The molecule has 8 nitrogen and oxygen atoms in total. The van der Waals surface area contributed by atoms with E-state index in [0.717, 1.165) is 64.3 Å². The van der Waals surface area contributed by atoms with Crippen LogP contribution in [0.5, 0.6) is 0 Å². The van der Waals surface area contributed by atoms with Crippen LogP contribution in [0.4, 0.5) is 8.78 Å². The number of aromatic carboxylic acids is 1. The summed E-state index contributed by atoms with van der Waals surface area (Å²) in [5, 5.41) is 21.4. The Hall–Kier alpha value is -4.52. The van der Waals surface area contributed by atoms with Crippen LogP contribution < -0.4 is 5.14 Å². The zero-order chi connectivity index (χ0) is 31.5. The van der Waals surface area contributed by atoms with Crippen molar-refractivity contribution >= 4 is 39.0 Å². The highest BCUT2D eigenvalue weighted by Gasteiger charge is 2.30. The quantitative estimate of drug-likeness (QED) is 0.195. The molecule has 3 N–H and O–H groups in total. The lowest BCUT2D eigenvalue weighted by Gasteiger charge is -2.11. The van der Waals surface area contributed by atoms with E-state index in [4.69, 9.17) is 10.2 Å². The van der Waals surface area contributed by atoms with Crippen molar-refractivity contribution in [2.24, 2.45) is 11.1 Å². The lowest BCUT2D eigenvalue weighted by Crippen LogP contribution is -2.14. The number of primary sulfonamides is 1. The van der Waals surface area contributed by atoms with Crippen molar-refractivity contribution < 1.29 is 27.1 Å². The summed E-state index contributed by atoms with van der Waals surface area (Å²) in [5.41, 5.74) is 6.47. The molecular formula is C33H26F2N4O4S2. The highest BCUT2D eigenvalue weighted by molar-refractivity contribution is 7.89. The van der Waals surface area contributed by atoms with Gasteiger partial charge in [-0.2, -0.15) is 5.10 Å². The van der Waals surface area contributed by atoms with Crippen LogP contribution in [0.25, 0.3) is 28.0 Å². The van der Waals surface area contributed by atoms with Crippen molar-refractivity contribution in [2.45, 2.75) is 37.0 Å². The number of hydrogen-bond acceptors (Lipinski definition) is 6. The fourth-order valence-electron chi connectivity index (χ4n) is 5.79. The molecule has 0 saturated heterocycles. The van der Waals surface area contributed by atoms with E-state index >= 15 is 4.39 Å². The third-order valence-corrected chi connectivity index (χ3v) is 9.96. The van der Waals surface area contributed by atoms with Gasteiger partial charge in [-0.3, -0.25) is 0 Å². The second kappa shape index (κ2) is 11.1. The number of nitrogens with zero attached hydrogens (tertiary/aromatic N) is 3. The number of halogens is 2. The molecule has 0 spiro atoms. The lowest BCUT2D eigenvalue weighted by atomic mass is 9.94. The molecule has 0 aliphatic heterocycles. The van der Waals surface area contributed by atoms with E-state index < -0.39 is 26.7 Å². The third kappa shape index (κ3) is 5.72. The molecule has 0 unspecified atom stereocenters. The molecule has 45 heavy (non-hydrogen) atoms. The van der Waals surface area contributed by atoms with Crippen LogP contribution in [0.3, 0.4) is 0 Å². The molecule has 7 rings (SSSR count). The molecule has 1 fully saturated rings. The van der Waals surface area contributed by atoms with Crippen molar-refractivity contribution in [3.63, 3.8) is 0 Å². The molecule has 3 aromatic carbocycles. The van der Waals surface area contributed by atoms with E-state index in [2.05, 4.69) is 4.98 Å². The van der Waals surface area contributed by atoms with Gasteiger partial charge < -0.3 is 5.11 Å². The van der Waals surface area contributed by atoms with Crippen molar-refractivity contribution in [3.8, 4) is 16.4 Å². The van der Waals surface area contributed by atoms with E-state index in [1.807, 2.05) is 30.3 Å². The maximum absolute atomic E-state index is 15.4. The van der Waals surface area contributed by atoms with Crippen molar-refractivity contribution in [1.29, 1.82) is 0 Å². The van der Waals surface area contributed by atoms with Crippen LogP contribution in [-0.2, 0) is 29.3 Å². The average molecular weight is 645 g/mol. The highest BCUT2D eigenvalue weighted by Crippen LogP contribution is 2.40. The monoisotopic (exact) mass is 644 g/mol. The van der Waals surface area contributed by atoms with Crippen LogP contribution in [0.1, 0.15) is 56.8 Å². The number of aromatic nitrogens is 3. The predicted molar refractivity (Wildman–Crippen MR) is 167 cm³/mol. The maximum atomic E-state index is 15.4. The Morgan fingerprint density at radius 2 is 1.87 bits per heavy atom. The fraction of sp³-hybridized carbons (Fsp3) is 0.182. The normalized spacial score (nSPS) is 14.4. The molecule has 2 aliphatic carbocycles. The first-order chi connectivity index (χ1) is 21.5. The molecule has 2 aliphatic rings. The predicted octanol–water partition coefficient (Wildman–Crippen LogP) is 6.26. The minimum Gasteiger partial charge on any atom is -0.476 e. The zero-order valence-electron chi connectivity index (χ0n) is 23.7. The number of carboxylic acids is 1. The Morgan fingerprint density at radius 1 is 1.07 bits per heavy atom. The standard InChI is InChI=1S/C33H26F2N4O4S2/c34-26-9-8-22(16-24(26)23-14-20-3-1-2-4-21(20)15-23)31-25(11-19-7-10-30(27(35)12-19)45(36,42)43)29(13-18-5-6-18)39(38-31)33-37-28(17-44-33)32(40)41/h1-4,7-10,12,14,16-18H,5-6,11,13,15H2,(H,40,41)(H2,36,42,43). The number of nitrogens with two attached hydrogens (primary N) is 1. The molecule has 0 atom stereocenters. The number of hydrogen-bond donors (Lipinski definition) is 2. The maximum Gasteiger partial charge on any atom is 0.355 e. The van der Waals surface area contributed by atoms with E-state index in [0.29, 0.717) is 46.3 Å². The van der Waals surface area contributed by atoms with Gasteiger partial charge in [-0.25, -0.2) is 36.8 Å². The summed E-state index contributed by atoms with van der Waals surface area (Å²) in [7, 11) is -4.25. The van der Waals surface area contributed by atoms with Crippen molar-refractivity contribution in [1.82, 2.24) is 14.8 Å². The Labute approximate surface area is 261 Å². The molecule has 0 radical (unpaired) electrons. The molecule has 1 saturated carbocycles. The second-order valence-electron chi connectivity index (χ2n) is 11.4. The van der Waals surface area contributed by atoms with Crippen LogP contribution in [0, 0.1) is 17.6 Å². The van der Waals surface area contributed by atoms with Gasteiger partial charge in [0.2, 0.25) is 15.2 Å². The molecule has 0 bridgehead atoms. The zero-order valence-corrected chi connectivity index (χ0v) is 25.3. The number of allylic oxidation sites excluding steroid dienone is 1. The average Bonchev–Trinajstić information content (AvgIpc) is 3.36. The van der Waals surface area contributed by atoms with Crippen LogP contribution in [0.2, 0.25) is 0 Å². The third-order valence-electron chi connectivity index (χ3n) is 8.20. The van der Waals surface area contributed by atoms with Gasteiger partial charge in [0.25, 0.3) is 0 Å². The van der Waals surface area contributed by atoms with Gasteiger partial charge in [0.15, 0.2) is 5.69 Å². The van der Waals surface area contributed by atoms with Gasteiger partial charge >= 0.3 is 5.97 Å². The Morgan fingerprint density at radius 3 is 2.56 bits per heavy atom. The number of rotatable bonds is 9. The minimum atomic E-state index is -4.25. The first-order valence-corrected chi connectivity index (χ1v) is 16.7. The number of carbonyl (C=O) groups is 1. The molecule has 12 heteroatoms. The number of sulfonamides is 1. The summed E-state index contributed by atoms with van der Waals surface area (Å²) in [6.07, 6.45) is 5.40. The molecule has 5 aromatic rings. The Kier molecular flexibility index (Phi) is 7.22. The summed E-state index contributed by atoms with van der Waals surface area (Å²) in [6.45, 7) is 0. The van der Waals surface area contributed by atoms with Crippen LogP contribution >= 0.6 is 11.3 Å². The lowest BCUT2D eigenvalue weighted by molar-refractivity contribution is 0.0691. The summed E-state index contributed by atoms with van der Waals surface area (Å²) in [6, 6.07) is 16.5. The molecule has 0 amide bonds. The summed E-state index contributed by atoms with van der Waals surface area (Å²) < 4.78 is 55.6. The number of carboxylic acid groups (broad SMARTS) is 1. The van der Waals surface area contributed by atoms with Gasteiger partial charge in [0, 0.05) is 28.5 Å². The highest BCUT2D eigenvalue weighted by atomic mass is 32.2. The largest absolute Gasteiger partial charge is 0.476 e. The summed E-state index contributed by atoms with van der Waals surface area (Å²) in [4.78, 5) is 15.4. The van der Waals surface area contributed by atoms with E-state index in [9.17, 15) is 22.7 Å². The van der Waals surface area contributed by atoms with Gasteiger partial charge in [-0.1, -0.05) is 36.4 Å². The second-order valence-corrected chi connectivity index (χ2v) is 13.7. The smallest absolute Gasteiger partial charge is 0.355 e. The molecule has 2 heterocycles. The molecule has 2 aromatic heterocycles. The van der Waals surface area contributed by atoms with Crippen LogP contribution in [-0.4, -0.2) is 34.3 Å². The van der Waals surface area contributed by atoms with Gasteiger partial charge in [0.05, 0.1) is 11.4 Å². The Balaban J connectivity index is 1.39. The number of thiazole rings is 1. The molecular weight excluding hydrogens is 619 g/mol. The van der Waals surface area contributed by atoms with Crippen LogP contribution in [0.15, 0.2) is 70.9 Å². The fourth-order valence-corrected chi connectivity index (χ4v) is 7.15. The van der Waals surface area contributed by atoms with E-state index in [1.54, 1.807) is 16.8 Å². The van der Waals surface area contributed by atoms with Crippen molar-refractivity contribution in [2.75, 3.05) is 0 Å². The topological polar surface area (TPSA) is 128 Å². The summed E-state index contributed by atoms with van der Waals surface area (Å²) >= 11 is 1.14. The Bertz CT molecular complexity index is 2150. The first kappa shape index (κ1) is 29.2. The van der Waals surface area contributed by atoms with Crippen molar-refractivity contribution in [3.05, 3.63) is 117 Å². The summed E-state index contributed by atoms with van der Waals surface area (Å²) in [5.74, 6) is -2.11. The van der Waals surface area contributed by atoms with Gasteiger partial charge in [0.1, 0.15) is 16.5 Å². The van der Waals surface area contributed by atoms with E-state index in [-0.39, 0.29) is 17.9 Å². The van der Waals surface area contributed by atoms with Gasteiger partial charge in [-0.05, 0) is 84.2 Å². The molecule has 228 valence electrons. The number of fused-ring (bicyclic) bond motifs is 1.